The maximum absolute atomic E-state index is 5.82. The van der Waals surface area contributed by atoms with E-state index >= 15 is 0 Å². The van der Waals surface area contributed by atoms with Crippen LogP contribution in [0.25, 0.3) is 0 Å². The molecule has 1 aromatic carbocycles. The summed E-state index contributed by atoms with van der Waals surface area (Å²) >= 11 is 0. The molecule has 0 atom stereocenters. The largest absolute Gasteiger partial charge is 0.492 e. The van der Waals surface area contributed by atoms with Crippen LogP contribution in [0.3, 0.4) is 0 Å². The molecule has 0 saturated heterocycles. The minimum Gasteiger partial charge on any atom is -0.492 e. The van der Waals surface area contributed by atoms with Crippen molar-refractivity contribution in [2.24, 2.45) is 4.99 Å². The predicted octanol–water partition coefficient (Wildman–Crippen LogP) is 3.24. The van der Waals surface area contributed by atoms with E-state index in [0.29, 0.717) is 12.6 Å². The summed E-state index contributed by atoms with van der Waals surface area (Å²) in [7, 11) is 0. The van der Waals surface area contributed by atoms with Crippen LogP contribution >= 0.6 is 24.0 Å². The van der Waals surface area contributed by atoms with Crippen molar-refractivity contribution in [3.8, 4) is 5.75 Å². The van der Waals surface area contributed by atoms with Gasteiger partial charge < -0.3 is 20.3 Å². The highest BCUT2D eigenvalue weighted by molar-refractivity contribution is 14.0. The van der Waals surface area contributed by atoms with Crippen LogP contribution in [0.2, 0.25) is 0 Å². The third kappa shape index (κ3) is 8.76. The van der Waals surface area contributed by atoms with Crippen molar-refractivity contribution in [3.63, 3.8) is 0 Å². The quantitative estimate of drug-likeness (QED) is 0.320. The van der Waals surface area contributed by atoms with E-state index < -0.39 is 0 Å². The van der Waals surface area contributed by atoms with Gasteiger partial charge in [0.15, 0.2) is 5.96 Å². The normalized spacial score (nSPS) is 14.2. The van der Waals surface area contributed by atoms with Gasteiger partial charge in [-0.2, -0.15) is 0 Å². The fourth-order valence-corrected chi connectivity index (χ4v) is 2.43. The number of hydrogen-bond acceptors (Lipinski definition) is 3. The summed E-state index contributed by atoms with van der Waals surface area (Å²) in [5.41, 5.74) is 1.19. The van der Waals surface area contributed by atoms with Gasteiger partial charge in [0.25, 0.3) is 0 Å². The first kappa shape index (κ1) is 22.0. The van der Waals surface area contributed by atoms with Gasteiger partial charge in [0.05, 0.1) is 6.54 Å². The summed E-state index contributed by atoms with van der Waals surface area (Å²) in [6, 6.07) is 8.88. The van der Waals surface area contributed by atoms with Gasteiger partial charge >= 0.3 is 0 Å². The van der Waals surface area contributed by atoms with Crippen LogP contribution in [-0.2, 0) is 6.54 Å². The average molecular weight is 460 g/mol. The zero-order valence-electron chi connectivity index (χ0n) is 15.8. The van der Waals surface area contributed by atoms with Gasteiger partial charge in [0.1, 0.15) is 12.4 Å². The van der Waals surface area contributed by atoms with Crippen LogP contribution in [-0.4, -0.2) is 49.7 Å². The molecule has 1 aliphatic rings. The molecule has 2 rings (SSSR count). The second kappa shape index (κ2) is 12.4. The lowest BCUT2D eigenvalue weighted by Crippen LogP contribution is -2.38. The maximum Gasteiger partial charge on any atom is 0.191 e. The van der Waals surface area contributed by atoms with Crippen molar-refractivity contribution in [2.75, 3.05) is 32.8 Å². The van der Waals surface area contributed by atoms with E-state index in [-0.39, 0.29) is 24.0 Å². The number of ether oxygens (including phenoxy) is 1. The molecule has 0 aliphatic heterocycles. The van der Waals surface area contributed by atoms with Crippen molar-refractivity contribution < 1.29 is 4.74 Å². The molecule has 1 aromatic rings. The Morgan fingerprint density at radius 2 is 1.84 bits per heavy atom. The molecule has 1 aliphatic carbocycles. The fraction of sp³-hybridized carbons (Fsp3) is 0.632. The second-order valence-corrected chi connectivity index (χ2v) is 6.13. The Kier molecular flexibility index (Phi) is 10.9. The van der Waals surface area contributed by atoms with E-state index in [1.165, 1.54) is 18.4 Å². The number of nitrogens with one attached hydrogen (secondary N) is 2. The first-order valence-electron chi connectivity index (χ1n) is 9.24. The number of nitrogens with zero attached hydrogens (tertiary/aromatic N) is 2. The lowest BCUT2D eigenvalue weighted by Gasteiger charge is -2.18. The summed E-state index contributed by atoms with van der Waals surface area (Å²) in [4.78, 5) is 7.01. The lowest BCUT2D eigenvalue weighted by atomic mass is 10.2. The van der Waals surface area contributed by atoms with Crippen molar-refractivity contribution in [1.82, 2.24) is 15.5 Å². The maximum atomic E-state index is 5.82. The van der Waals surface area contributed by atoms with Gasteiger partial charge in [-0.05, 0) is 50.6 Å². The Morgan fingerprint density at radius 1 is 1.16 bits per heavy atom. The standard InChI is InChI=1S/C19H32N4O.HI/c1-4-20-19(22-17-9-10-17)21-15-16-7-11-18(12-8-16)24-14-13-23(5-2)6-3;/h7-8,11-12,17H,4-6,9-10,13-15H2,1-3H3,(H2,20,21,22);1H. The molecule has 0 aromatic heterocycles. The minimum absolute atomic E-state index is 0. The lowest BCUT2D eigenvalue weighted by molar-refractivity contribution is 0.223. The van der Waals surface area contributed by atoms with Crippen LogP contribution < -0.4 is 15.4 Å². The van der Waals surface area contributed by atoms with Gasteiger partial charge in [-0.3, -0.25) is 0 Å². The number of likely N-dealkylation sites (N-methyl/N-ethyl adjacent to an activating group) is 1. The number of guanidine groups is 1. The molecule has 0 amide bonds. The van der Waals surface area contributed by atoms with Crippen LogP contribution in [0.15, 0.2) is 29.3 Å². The smallest absolute Gasteiger partial charge is 0.191 e. The Hall–Kier alpha value is -1.02. The van der Waals surface area contributed by atoms with Gasteiger partial charge in [0.2, 0.25) is 0 Å². The molecule has 2 N–H and O–H groups in total. The van der Waals surface area contributed by atoms with Crippen LogP contribution in [0.1, 0.15) is 39.2 Å². The third-order valence-electron chi connectivity index (χ3n) is 4.18. The zero-order valence-corrected chi connectivity index (χ0v) is 18.1. The van der Waals surface area contributed by atoms with Gasteiger partial charge in [-0.15, -0.1) is 24.0 Å². The Morgan fingerprint density at radius 3 is 2.40 bits per heavy atom. The second-order valence-electron chi connectivity index (χ2n) is 6.13. The highest BCUT2D eigenvalue weighted by Crippen LogP contribution is 2.18. The Bertz CT molecular complexity index is 499. The average Bonchev–Trinajstić information content (AvgIpc) is 3.42. The molecule has 0 unspecified atom stereocenters. The number of benzene rings is 1. The minimum atomic E-state index is 0. The molecule has 1 fully saturated rings. The first-order chi connectivity index (χ1) is 11.7. The van der Waals surface area contributed by atoms with E-state index in [0.717, 1.165) is 44.5 Å². The molecule has 25 heavy (non-hydrogen) atoms. The van der Waals surface area contributed by atoms with E-state index in [9.17, 15) is 0 Å². The summed E-state index contributed by atoms with van der Waals surface area (Å²) in [5, 5.41) is 6.73. The molecule has 0 radical (unpaired) electrons. The van der Waals surface area contributed by atoms with E-state index in [1.54, 1.807) is 0 Å². The van der Waals surface area contributed by atoms with Crippen molar-refractivity contribution in [3.05, 3.63) is 29.8 Å². The molecule has 5 nitrogen and oxygen atoms in total. The molecule has 142 valence electrons. The summed E-state index contributed by atoms with van der Waals surface area (Å²) in [6.07, 6.45) is 2.51. The molecule has 6 heteroatoms. The number of hydrogen-bond donors (Lipinski definition) is 2. The molecular weight excluding hydrogens is 427 g/mol. The van der Waals surface area contributed by atoms with E-state index in [2.05, 4.69) is 53.4 Å². The molecular formula is C19H33IN4O. The van der Waals surface area contributed by atoms with Crippen molar-refractivity contribution >= 4 is 29.9 Å². The monoisotopic (exact) mass is 460 g/mol. The topological polar surface area (TPSA) is 48.9 Å². The van der Waals surface area contributed by atoms with Gasteiger partial charge in [0, 0.05) is 19.1 Å². The zero-order chi connectivity index (χ0) is 17.2. The highest BCUT2D eigenvalue weighted by atomic mass is 127. The number of halogens is 1. The van der Waals surface area contributed by atoms with Crippen LogP contribution in [0.5, 0.6) is 5.75 Å². The molecule has 0 spiro atoms. The molecule has 1 saturated carbocycles. The van der Waals surface area contributed by atoms with Gasteiger partial charge in [-0.1, -0.05) is 26.0 Å². The summed E-state index contributed by atoms with van der Waals surface area (Å²) < 4.78 is 5.82. The van der Waals surface area contributed by atoms with Crippen molar-refractivity contribution in [2.45, 2.75) is 46.2 Å². The van der Waals surface area contributed by atoms with E-state index in [4.69, 9.17) is 4.74 Å². The first-order valence-corrected chi connectivity index (χ1v) is 9.24. The third-order valence-corrected chi connectivity index (χ3v) is 4.18. The Balaban J connectivity index is 0.00000312. The summed E-state index contributed by atoms with van der Waals surface area (Å²) in [6.45, 7) is 11.9. The van der Waals surface area contributed by atoms with E-state index in [1.807, 2.05) is 12.1 Å². The van der Waals surface area contributed by atoms with Crippen LogP contribution in [0.4, 0.5) is 0 Å². The molecule has 0 heterocycles. The number of aliphatic imine (C=N–C) groups is 1. The van der Waals surface area contributed by atoms with Crippen LogP contribution in [0, 0.1) is 0 Å². The predicted molar refractivity (Wildman–Crippen MR) is 116 cm³/mol. The molecule has 0 bridgehead atoms. The summed E-state index contributed by atoms with van der Waals surface area (Å²) in [5.74, 6) is 1.84. The van der Waals surface area contributed by atoms with Gasteiger partial charge in [-0.25, -0.2) is 4.99 Å². The van der Waals surface area contributed by atoms with Crippen molar-refractivity contribution in [1.29, 1.82) is 0 Å². The SMILES string of the molecule is CCNC(=NCc1ccc(OCCN(CC)CC)cc1)NC1CC1.I. The fourth-order valence-electron chi connectivity index (χ4n) is 2.43. The highest BCUT2D eigenvalue weighted by Gasteiger charge is 2.21. The Labute approximate surface area is 169 Å². The number of rotatable bonds is 10.